The normalized spacial score (nSPS) is 11.6. The average Bonchev–Trinajstić information content (AvgIpc) is 2.57. The summed E-state index contributed by atoms with van der Waals surface area (Å²) in [7, 11) is 3.34. The Balaban J connectivity index is 1.99. The van der Waals surface area contributed by atoms with Crippen molar-refractivity contribution in [2.45, 2.75) is 13.5 Å². The van der Waals surface area contributed by atoms with Gasteiger partial charge in [-0.15, -0.1) is 0 Å². The van der Waals surface area contributed by atoms with Crippen LogP contribution in [0, 0.1) is 17.0 Å². The fraction of sp³-hybridized carbons (Fsp3) is 0.278. The SMILES string of the molecule is COc1ccc(NC(=O)C[NH+](C)Cc2ccc(C)cc2)c([N+](=O)[O-])c1. The molecule has 0 bridgehead atoms. The molecule has 0 saturated carbocycles. The van der Waals surface area contributed by atoms with E-state index in [9.17, 15) is 14.9 Å². The van der Waals surface area contributed by atoms with E-state index in [-0.39, 0.29) is 23.8 Å². The molecular formula is C18H22N3O4+. The van der Waals surface area contributed by atoms with Crippen molar-refractivity contribution in [2.75, 3.05) is 26.0 Å². The lowest BCUT2D eigenvalue weighted by Crippen LogP contribution is -3.08. The number of nitrogens with zero attached hydrogens (tertiary/aromatic N) is 1. The van der Waals surface area contributed by atoms with Gasteiger partial charge in [-0.2, -0.15) is 0 Å². The second-order valence-corrected chi connectivity index (χ2v) is 5.98. The van der Waals surface area contributed by atoms with E-state index in [0.29, 0.717) is 12.3 Å². The summed E-state index contributed by atoms with van der Waals surface area (Å²) in [5, 5.41) is 13.8. The quantitative estimate of drug-likeness (QED) is 0.590. The zero-order chi connectivity index (χ0) is 18.4. The highest BCUT2D eigenvalue weighted by molar-refractivity contribution is 5.93. The number of quaternary nitrogens is 1. The third kappa shape index (κ3) is 5.29. The van der Waals surface area contributed by atoms with Crippen LogP contribution in [-0.4, -0.2) is 31.5 Å². The van der Waals surface area contributed by atoms with Crippen molar-refractivity contribution in [2.24, 2.45) is 0 Å². The fourth-order valence-corrected chi connectivity index (χ4v) is 2.48. The van der Waals surface area contributed by atoms with E-state index in [1.807, 2.05) is 38.2 Å². The van der Waals surface area contributed by atoms with E-state index in [4.69, 9.17) is 4.74 Å². The number of hydrogen-bond acceptors (Lipinski definition) is 4. The summed E-state index contributed by atoms with van der Waals surface area (Å²) < 4.78 is 4.98. The number of aryl methyl sites for hydroxylation is 1. The molecule has 0 aliphatic heterocycles. The summed E-state index contributed by atoms with van der Waals surface area (Å²) in [6.45, 7) is 2.92. The lowest BCUT2D eigenvalue weighted by atomic mass is 10.1. The highest BCUT2D eigenvalue weighted by Gasteiger charge is 2.19. The number of methoxy groups -OCH3 is 1. The minimum atomic E-state index is -0.541. The first kappa shape index (κ1) is 18.4. The molecule has 0 aliphatic carbocycles. The number of likely N-dealkylation sites (N-methyl/N-ethyl adjacent to an activating group) is 1. The molecule has 25 heavy (non-hydrogen) atoms. The number of nitrogens with one attached hydrogen (secondary N) is 2. The van der Waals surface area contributed by atoms with Gasteiger partial charge in [-0.3, -0.25) is 14.9 Å². The van der Waals surface area contributed by atoms with Gasteiger partial charge in [0, 0.05) is 5.56 Å². The number of amides is 1. The van der Waals surface area contributed by atoms with Crippen molar-refractivity contribution in [3.8, 4) is 5.75 Å². The minimum absolute atomic E-state index is 0.166. The summed E-state index contributed by atoms with van der Waals surface area (Å²) in [6.07, 6.45) is 0. The molecule has 0 fully saturated rings. The largest absolute Gasteiger partial charge is 0.496 e. The number of hydrogen-bond donors (Lipinski definition) is 2. The molecule has 1 atom stereocenters. The third-order valence-corrected chi connectivity index (χ3v) is 3.76. The molecule has 0 radical (unpaired) electrons. The van der Waals surface area contributed by atoms with E-state index in [1.165, 1.54) is 24.8 Å². The number of rotatable bonds is 7. The molecule has 0 aromatic heterocycles. The van der Waals surface area contributed by atoms with Crippen LogP contribution in [0.1, 0.15) is 11.1 Å². The molecule has 1 amide bonds. The van der Waals surface area contributed by atoms with Gasteiger partial charge >= 0.3 is 0 Å². The first-order chi connectivity index (χ1) is 11.9. The monoisotopic (exact) mass is 344 g/mol. The van der Waals surface area contributed by atoms with Crippen molar-refractivity contribution in [1.82, 2.24) is 0 Å². The zero-order valence-electron chi connectivity index (χ0n) is 14.5. The number of nitro groups is 1. The molecule has 2 rings (SSSR count). The van der Waals surface area contributed by atoms with E-state index in [0.717, 1.165) is 10.5 Å². The molecule has 1 unspecified atom stereocenters. The lowest BCUT2D eigenvalue weighted by Gasteiger charge is -2.14. The molecule has 2 aromatic carbocycles. The average molecular weight is 344 g/mol. The standard InChI is InChI=1S/C18H21N3O4/c1-13-4-6-14(7-5-13)11-20(2)12-18(22)19-16-9-8-15(25-3)10-17(16)21(23)24/h4-10H,11-12H2,1-3H3,(H,19,22)/p+1. The first-order valence-electron chi connectivity index (χ1n) is 7.88. The Labute approximate surface area is 146 Å². The Morgan fingerprint density at radius 2 is 1.92 bits per heavy atom. The first-order valence-corrected chi connectivity index (χ1v) is 7.88. The van der Waals surface area contributed by atoms with Crippen LogP contribution in [0.3, 0.4) is 0 Å². The molecule has 2 N–H and O–H groups in total. The maximum atomic E-state index is 12.2. The van der Waals surface area contributed by atoms with Crippen LogP contribution in [0.2, 0.25) is 0 Å². The van der Waals surface area contributed by atoms with E-state index in [2.05, 4.69) is 5.32 Å². The summed E-state index contributed by atoms with van der Waals surface area (Å²) in [5.41, 5.74) is 2.29. The van der Waals surface area contributed by atoms with Crippen LogP contribution >= 0.6 is 0 Å². The maximum absolute atomic E-state index is 12.2. The number of nitro benzene ring substituents is 1. The number of benzene rings is 2. The zero-order valence-corrected chi connectivity index (χ0v) is 14.5. The Kier molecular flexibility index (Phi) is 6.08. The Morgan fingerprint density at radius 1 is 1.24 bits per heavy atom. The summed E-state index contributed by atoms with van der Waals surface area (Å²) in [6, 6.07) is 12.5. The van der Waals surface area contributed by atoms with Crippen molar-refractivity contribution < 1.29 is 19.4 Å². The fourth-order valence-electron chi connectivity index (χ4n) is 2.48. The van der Waals surface area contributed by atoms with Gasteiger partial charge in [0.05, 0.1) is 25.1 Å². The van der Waals surface area contributed by atoms with Gasteiger partial charge in [-0.1, -0.05) is 29.8 Å². The molecule has 0 heterocycles. The molecule has 0 saturated heterocycles. The highest BCUT2D eigenvalue weighted by Crippen LogP contribution is 2.28. The summed E-state index contributed by atoms with van der Waals surface area (Å²) in [5.74, 6) is 0.0877. The van der Waals surface area contributed by atoms with E-state index < -0.39 is 4.92 Å². The van der Waals surface area contributed by atoms with Crippen LogP contribution < -0.4 is 15.0 Å². The van der Waals surface area contributed by atoms with E-state index in [1.54, 1.807) is 6.07 Å². The van der Waals surface area contributed by atoms with Gasteiger partial charge in [-0.25, -0.2) is 0 Å². The third-order valence-electron chi connectivity index (χ3n) is 3.76. The smallest absolute Gasteiger partial charge is 0.296 e. The second kappa shape index (κ2) is 8.25. The van der Waals surface area contributed by atoms with Gasteiger partial charge in [0.1, 0.15) is 18.0 Å². The van der Waals surface area contributed by atoms with Crippen LogP contribution in [0.25, 0.3) is 0 Å². The molecule has 0 spiro atoms. The van der Waals surface area contributed by atoms with Crippen LogP contribution in [0.5, 0.6) is 5.75 Å². The van der Waals surface area contributed by atoms with Crippen LogP contribution in [-0.2, 0) is 11.3 Å². The van der Waals surface area contributed by atoms with Crippen molar-refractivity contribution in [3.63, 3.8) is 0 Å². The lowest BCUT2D eigenvalue weighted by molar-refractivity contribution is -0.885. The van der Waals surface area contributed by atoms with Gasteiger partial charge in [0.25, 0.3) is 11.6 Å². The second-order valence-electron chi connectivity index (χ2n) is 5.98. The van der Waals surface area contributed by atoms with Gasteiger partial charge < -0.3 is 15.0 Å². The number of carbonyl (C=O) groups is 1. The molecule has 132 valence electrons. The number of ether oxygens (including phenoxy) is 1. The molecular weight excluding hydrogens is 322 g/mol. The summed E-state index contributed by atoms with van der Waals surface area (Å²) >= 11 is 0. The Morgan fingerprint density at radius 3 is 2.52 bits per heavy atom. The van der Waals surface area contributed by atoms with Gasteiger partial charge in [0.15, 0.2) is 6.54 Å². The van der Waals surface area contributed by atoms with Crippen molar-refractivity contribution in [3.05, 3.63) is 63.7 Å². The van der Waals surface area contributed by atoms with E-state index >= 15 is 0 Å². The number of anilines is 1. The Hall–Kier alpha value is -2.93. The summed E-state index contributed by atoms with van der Waals surface area (Å²) in [4.78, 5) is 23.8. The molecule has 0 aliphatic rings. The highest BCUT2D eigenvalue weighted by atomic mass is 16.6. The molecule has 7 nitrogen and oxygen atoms in total. The predicted octanol–water partition coefficient (Wildman–Crippen LogP) is 1.57. The van der Waals surface area contributed by atoms with Gasteiger partial charge in [-0.05, 0) is 19.1 Å². The van der Waals surface area contributed by atoms with Crippen molar-refractivity contribution >= 4 is 17.3 Å². The van der Waals surface area contributed by atoms with Crippen LogP contribution in [0.4, 0.5) is 11.4 Å². The predicted molar refractivity (Wildman–Crippen MR) is 94.9 cm³/mol. The molecule has 2 aromatic rings. The van der Waals surface area contributed by atoms with Crippen LogP contribution in [0.15, 0.2) is 42.5 Å². The van der Waals surface area contributed by atoms with Crippen molar-refractivity contribution in [1.29, 1.82) is 0 Å². The maximum Gasteiger partial charge on any atom is 0.296 e. The number of carbonyl (C=O) groups excluding carboxylic acids is 1. The van der Waals surface area contributed by atoms with Gasteiger partial charge in [0.2, 0.25) is 0 Å². The topological polar surface area (TPSA) is 85.9 Å². The molecule has 7 heteroatoms. The minimum Gasteiger partial charge on any atom is -0.496 e. The Bertz CT molecular complexity index is 759.